The van der Waals surface area contributed by atoms with Crippen LogP contribution in [0.25, 0.3) is 0 Å². The average molecular weight is 135 g/mol. The number of aliphatic hydroxyl groups is 1. The van der Waals surface area contributed by atoms with Crippen LogP contribution in [0, 0.1) is 23.7 Å². The third kappa shape index (κ3) is 4.90. The average Bonchev–Trinajstić information content (AvgIpc) is 1.97. The van der Waals surface area contributed by atoms with E-state index in [0.717, 1.165) is 0 Å². The second-order valence-electron chi connectivity index (χ2n) is 1.80. The molecule has 0 spiro atoms. The van der Waals surface area contributed by atoms with Gasteiger partial charge in [-0.2, -0.15) is 5.26 Å². The quantitative estimate of drug-likeness (QED) is 0.460. The van der Waals surface area contributed by atoms with Crippen molar-refractivity contribution in [1.82, 2.24) is 0 Å². The van der Waals surface area contributed by atoms with E-state index in [9.17, 15) is 0 Å². The van der Waals surface area contributed by atoms with Gasteiger partial charge < -0.3 is 5.11 Å². The molecule has 0 heterocycles. The highest BCUT2D eigenvalue weighted by molar-refractivity contribution is 5.04. The van der Waals surface area contributed by atoms with Gasteiger partial charge in [0, 0.05) is 12.5 Å². The van der Waals surface area contributed by atoms with E-state index in [4.69, 9.17) is 16.8 Å². The van der Waals surface area contributed by atoms with Crippen molar-refractivity contribution in [3.8, 4) is 18.4 Å². The fourth-order valence-electron chi connectivity index (χ4n) is 0.482. The Hall–Kier alpha value is -1.25. The summed E-state index contributed by atoms with van der Waals surface area (Å²) in [6, 6.07) is 1.78. The summed E-state index contributed by atoms with van der Waals surface area (Å²) in [7, 11) is 0. The van der Waals surface area contributed by atoms with E-state index in [-0.39, 0.29) is 0 Å². The molecular formula is C8H9NO. The van der Waals surface area contributed by atoms with Crippen molar-refractivity contribution in [3.63, 3.8) is 0 Å². The standard InChI is InChI=1S/C8H9NO/c1-2-3-5-8(10)6-4-7-9/h1,4,6,8,10H,3,5H2/b6-4+. The summed E-state index contributed by atoms with van der Waals surface area (Å²) in [5.74, 6) is 2.40. The van der Waals surface area contributed by atoms with Gasteiger partial charge in [-0.25, -0.2) is 0 Å². The lowest BCUT2D eigenvalue weighted by Crippen LogP contribution is -1.99. The summed E-state index contributed by atoms with van der Waals surface area (Å²) in [6.45, 7) is 0. The summed E-state index contributed by atoms with van der Waals surface area (Å²) in [5.41, 5.74) is 0. The molecule has 0 aliphatic rings. The van der Waals surface area contributed by atoms with Gasteiger partial charge in [-0.1, -0.05) is 0 Å². The zero-order valence-corrected chi connectivity index (χ0v) is 5.62. The van der Waals surface area contributed by atoms with Crippen molar-refractivity contribution in [2.75, 3.05) is 0 Å². The Bertz CT molecular complexity index is 182. The van der Waals surface area contributed by atoms with E-state index in [2.05, 4.69) is 5.92 Å². The lowest BCUT2D eigenvalue weighted by molar-refractivity contribution is 0.215. The molecule has 0 saturated carbocycles. The molecule has 0 rings (SSSR count). The van der Waals surface area contributed by atoms with Crippen LogP contribution in [0.4, 0.5) is 0 Å². The molecule has 0 fully saturated rings. The summed E-state index contributed by atoms with van der Waals surface area (Å²) in [5, 5.41) is 17.0. The van der Waals surface area contributed by atoms with E-state index in [1.165, 1.54) is 12.2 Å². The van der Waals surface area contributed by atoms with Crippen LogP contribution in [0.2, 0.25) is 0 Å². The first-order valence-corrected chi connectivity index (χ1v) is 2.99. The molecule has 0 bridgehead atoms. The zero-order chi connectivity index (χ0) is 7.82. The molecule has 0 amide bonds. The van der Waals surface area contributed by atoms with Crippen molar-refractivity contribution in [3.05, 3.63) is 12.2 Å². The minimum atomic E-state index is -0.573. The first-order chi connectivity index (χ1) is 4.81. The maximum absolute atomic E-state index is 8.98. The van der Waals surface area contributed by atoms with Crippen LogP contribution in [0.3, 0.4) is 0 Å². The molecule has 0 aromatic rings. The van der Waals surface area contributed by atoms with Gasteiger partial charge in [-0.3, -0.25) is 0 Å². The topological polar surface area (TPSA) is 44.0 Å². The SMILES string of the molecule is C#CCCC(O)/C=C/C#N. The first-order valence-electron chi connectivity index (χ1n) is 2.99. The molecule has 0 radical (unpaired) electrons. The largest absolute Gasteiger partial charge is 0.389 e. The van der Waals surface area contributed by atoms with E-state index < -0.39 is 6.10 Å². The Labute approximate surface area is 60.8 Å². The lowest BCUT2D eigenvalue weighted by Gasteiger charge is -1.98. The fraction of sp³-hybridized carbons (Fsp3) is 0.375. The predicted octanol–water partition coefficient (Wildman–Crippen LogP) is 0.840. The van der Waals surface area contributed by atoms with E-state index >= 15 is 0 Å². The molecule has 10 heavy (non-hydrogen) atoms. The van der Waals surface area contributed by atoms with Crippen LogP contribution in [0.5, 0.6) is 0 Å². The highest BCUT2D eigenvalue weighted by Crippen LogP contribution is 1.96. The number of nitrogens with zero attached hydrogens (tertiary/aromatic N) is 1. The van der Waals surface area contributed by atoms with Crippen molar-refractivity contribution in [2.24, 2.45) is 0 Å². The number of allylic oxidation sites excluding steroid dienone is 1. The van der Waals surface area contributed by atoms with Crippen molar-refractivity contribution < 1.29 is 5.11 Å². The van der Waals surface area contributed by atoms with E-state index in [0.29, 0.717) is 12.8 Å². The Morgan fingerprint density at radius 3 is 2.90 bits per heavy atom. The van der Waals surface area contributed by atoms with Gasteiger partial charge >= 0.3 is 0 Å². The molecule has 0 saturated heterocycles. The van der Waals surface area contributed by atoms with Gasteiger partial charge in [0.2, 0.25) is 0 Å². The van der Waals surface area contributed by atoms with Crippen LogP contribution >= 0.6 is 0 Å². The van der Waals surface area contributed by atoms with Gasteiger partial charge in [-0.15, -0.1) is 12.3 Å². The van der Waals surface area contributed by atoms with Crippen LogP contribution in [-0.2, 0) is 0 Å². The second kappa shape index (κ2) is 5.88. The Balaban J connectivity index is 3.47. The number of hydrogen-bond acceptors (Lipinski definition) is 2. The first kappa shape index (κ1) is 8.75. The maximum Gasteiger partial charge on any atom is 0.0909 e. The fourth-order valence-corrected chi connectivity index (χ4v) is 0.482. The van der Waals surface area contributed by atoms with Gasteiger partial charge in [0.25, 0.3) is 0 Å². The number of hydrogen-bond donors (Lipinski definition) is 1. The summed E-state index contributed by atoms with van der Waals surface area (Å²) in [6.07, 6.45) is 8.12. The molecule has 2 nitrogen and oxygen atoms in total. The number of terminal acetylenes is 1. The molecule has 1 unspecified atom stereocenters. The predicted molar refractivity (Wildman–Crippen MR) is 38.8 cm³/mol. The number of aliphatic hydroxyl groups excluding tert-OH is 1. The van der Waals surface area contributed by atoms with Crippen LogP contribution in [0.15, 0.2) is 12.2 Å². The van der Waals surface area contributed by atoms with Crippen molar-refractivity contribution in [2.45, 2.75) is 18.9 Å². The van der Waals surface area contributed by atoms with Crippen LogP contribution < -0.4 is 0 Å². The van der Waals surface area contributed by atoms with E-state index in [1.807, 2.05) is 0 Å². The summed E-state index contributed by atoms with van der Waals surface area (Å²) < 4.78 is 0. The molecule has 1 N–H and O–H groups in total. The third-order valence-corrected chi connectivity index (χ3v) is 0.977. The normalized spacial score (nSPS) is 12.3. The van der Waals surface area contributed by atoms with Gasteiger partial charge in [0.05, 0.1) is 12.2 Å². The summed E-state index contributed by atoms with van der Waals surface area (Å²) >= 11 is 0. The van der Waals surface area contributed by atoms with Crippen LogP contribution in [-0.4, -0.2) is 11.2 Å². The Morgan fingerprint density at radius 2 is 2.40 bits per heavy atom. The number of rotatable bonds is 3. The molecule has 0 aliphatic carbocycles. The van der Waals surface area contributed by atoms with Gasteiger partial charge in [0.1, 0.15) is 0 Å². The number of nitriles is 1. The van der Waals surface area contributed by atoms with Crippen molar-refractivity contribution in [1.29, 1.82) is 5.26 Å². The third-order valence-electron chi connectivity index (χ3n) is 0.977. The minimum Gasteiger partial charge on any atom is -0.389 e. The van der Waals surface area contributed by atoms with E-state index in [1.54, 1.807) is 6.07 Å². The second-order valence-corrected chi connectivity index (χ2v) is 1.80. The Kier molecular flexibility index (Phi) is 5.14. The molecule has 0 aromatic carbocycles. The Morgan fingerprint density at radius 1 is 1.70 bits per heavy atom. The van der Waals surface area contributed by atoms with Crippen molar-refractivity contribution >= 4 is 0 Å². The zero-order valence-electron chi connectivity index (χ0n) is 5.62. The summed E-state index contributed by atoms with van der Waals surface area (Å²) in [4.78, 5) is 0. The highest BCUT2D eigenvalue weighted by Gasteiger charge is 1.94. The highest BCUT2D eigenvalue weighted by atomic mass is 16.3. The minimum absolute atomic E-state index is 0.522. The molecular weight excluding hydrogens is 126 g/mol. The molecule has 52 valence electrons. The van der Waals surface area contributed by atoms with Gasteiger partial charge in [0.15, 0.2) is 0 Å². The monoisotopic (exact) mass is 135 g/mol. The maximum atomic E-state index is 8.98. The van der Waals surface area contributed by atoms with Gasteiger partial charge in [-0.05, 0) is 12.5 Å². The molecule has 0 aliphatic heterocycles. The molecule has 1 atom stereocenters. The smallest absolute Gasteiger partial charge is 0.0909 e. The molecule has 0 aromatic heterocycles. The molecule has 2 heteroatoms. The lowest BCUT2D eigenvalue weighted by atomic mass is 10.2. The van der Waals surface area contributed by atoms with Crippen LogP contribution in [0.1, 0.15) is 12.8 Å².